The maximum atomic E-state index is 12.3. The van der Waals surface area contributed by atoms with Gasteiger partial charge in [-0.25, -0.2) is 4.98 Å². The fourth-order valence-corrected chi connectivity index (χ4v) is 4.43. The molecule has 0 aliphatic rings. The maximum Gasteiger partial charge on any atom is 0.209 e. The van der Waals surface area contributed by atoms with E-state index in [9.17, 15) is 4.57 Å². The molecule has 0 amide bonds. The van der Waals surface area contributed by atoms with Crippen LogP contribution in [0, 0.1) is 0 Å². The third kappa shape index (κ3) is 3.69. The van der Waals surface area contributed by atoms with Crippen LogP contribution >= 0.6 is 18.7 Å². The van der Waals surface area contributed by atoms with Crippen LogP contribution in [0.25, 0.3) is 0 Å². The van der Waals surface area contributed by atoms with Gasteiger partial charge in [0.15, 0.2) is 0 Å². The fraction of sp³-hybridized carbons (Fsp3) is 0.727. The minimum atomic E-state index is -2.49. The predicted molar refractivity (Wildman–Crippen MR) is 69.7 cm³/mol. The first-order chi connectivity index (χ1) is 7.50. The summed E-state index contributed by atoms with van der Waals surface area (Å²) >= 11 is 1.58. The number of thiazole rings is 1. The molecule has 1 atom stereocenters. The summed E-state index contributed by atoms with van der Waals surface area (Å²) in [5, 5.41) is 2.98. The zero-order valence-electron chi connectivity index (χ0n) is 10.4. The molecule has 16 heavy (non-hydrogen) atoms. The Labute approximate surface area is 102 Å². The minimum absolute atomic E-state index is 0.429. The number of rotatable bonds is 6. The summed E-state index contributed by atoms with van der Waals surface area (Å²) in [5.74, 6) is 0.429. The van der Waals surface area contributed by atoms with Gasteiger partial charge >= 0.3 is 0 Å². The molecule has 1 heterocycles. The van der Waals surface area contributed by atoms with E-state index in [-0.39, 0.29) is 0 Å². The van der Waals surface area contributed by atoms with Gasteiger partial charge in [0.25, 0.3) is 0 Å². The van der Waals surface area contributed by atoms with E-state index in [0.29, 0.717) is 24.8 Å². The molecular formula is C11H20NO2PS. The van der Waals surface area contributed by atoms with Gasteiger partial charge in [0.2, 0.25) is 7.37 Å². The molecule has 92 valence electrons. The van der Waals surface area contributed by atoms with Gasteiger partial charge in [-0.2, -0.15) is 0 Å². The Morgan fingerprint density at radius 1 is 1.50 bits per heavy atom. The summed E-state index contributed by atoms with van der Waals surface area (Å²) in [6.07, 6.45) is 1.06. The zero-order valence-corrected chi connectivity index (χ0v) is 12.1. The van der Waals surface area contributed by atoms with Gasteiger partial charge in [0.05, 0.1) is 18.5 Å². The molecule has 0 saturated carbocycles. The van der Waals surface area contributed by atoms with Crippen molar-refractivity contribution < 1.29 is 9.09 Å². The first kappa shape index (κ1) is 13.9. The van der Waals surface area contributed by atoms with E-state index in [0.717, 1.165) is 10.7 Å². The van der Waals surface area contributed by atoms with Crippen molar-refractivity contribution in [3.05, 3.63) is 16.1 Å². The lowest BCUT2D eigenvalue weighted by Crippen LogP contribution is -1.97. The monoisotopic (exact) mass is 261 g/mol. The first-order valence-electron chi connectivity index (χ1n) is 5.67. The van der Waals surface area contributed by atoms with Crippen LogP contribution in [0.15, 0.2) is 5.38 Å². The van der Waals surface area contributed by atoms with Crippen molar-refractivity contribution in [2.75, 3.05) is 12.8 Å². The first-order valence-corrected chi connectivity index (χ1v) is 8.55. The lowest BCUT2D eigenvalue weighted by Gasteiger charge is -2.14. The highest BCUT2D eigenvalue weighted by Gasteiger charge is 2.22. The van der Waals surface area contributed by atoms with Crippen molar-refractivity contribution >= 4 is 18.7 Å². The van der Waals surface area contributed by atoms with E-state index in [2.05, 4.69) is 18.8 Å². The number of hydrogen-bond donors (Lipinski definition) is 0. The summed E-state index contributed by atoms with van der Waals surface area (Å²) in [7, 11) is -2.49. The Bertz CT molecular complexity index is 376. The second-order valence-electron chi connectivity index (χ2n) is 4.03. The van der Waals surface area contributed by atoms with E-state index in [1.807, 2.05) is 19.2 Å². The van der Waals surface area contributed by atoms with E-state index in [1.165, 1.54) is 0 Å². The largest absolute Gasteiger partial charge is 0.328 e. The molecule has 0 N–H and O–H groups in total. The van der Waals surface area contributed by atoms with Crippen LogP contribution in [-0.4, -0.2) is 17.8 Å². The third-order valence-electron chi connectivity index (χ3n) is 2.38. The maximum absolute atomic E-state index is 12.3. The highest BCUT2D eigenvalue weighted by Crippen LogP contribution is 2.50. The molecule has 1 aromatic rings. The Hall–Kier alpha value is -0.180. The van der Waals surface area contributed by atoms with E-state index in [4.69, 9.17) is 4.52 Å². The highest BCUT2D eigenvalue weighted by atomic mass is 32.1. The summed E-state index contributed by atoms with van der Waals surface area (Å²) in [6.45, 7) is 8.52. The molecule has 1 aromatic heterocycles. The second kappa shape index (κ2) is 5.95. The van der Waals surface area contributed by atoms with Crippen LogP contribution in [0.2, 0.25) is 0 Å². The molecule has 0 radical (unpaired) electrons. The van der Waals surface area contributed by atoms with E-state index < -0.39 is 7.37 Å². The van der Waals surface area contributed by atoms with Gasteiger partial charge in [0, 0.05) is 11.5 Å². The Kier molecular flexibility index (Phi) is 5.16. The molecule has 0 aliphatic heterocycles. The minimum Gasteiger partial charge on any atom is -0.328 e. The molecule has 0 aromatic carbocycles. The molecule has 1 unspecified atom stereocenters. The average molecular weight is 261 g/mol. The molecule has 1 rings (SSSR count). The molecule has 0 aliphatic carbocycles. The van der Waals surface area contributed by atoms with Crippen molar-refractivity contribution in [2.24, 2.45) is 0 Å². The SMILES string of the molecule is CCOP(=O)(CC)Cc1nc(C(C)C)cs1. The molecule has 3 nitrogen and oxygen atoms in total. The van der Waals surface area contributed by atoms with Crippen LogP contribution in [0.4, 0.5) is 0 Å². The lowest BCUT2D eigenvalue weighted by atomic mass is 10.2. The fourth-order valence-electron chi connectivity index (χ4n) is 1.35. The van der Waals surface area contributed by atoms with Crippen molar-refractivity contribution in [2.45, 2.75) is 39.8 Å². The average Bonchev–Trinajstić information content (AvgIpc) is 2.66. The van der Waals surface area contributed by atoms with Crippen LogP contribution < -0.4 is 0 Å². The molecule has 5 heteroatoms. The predicted octanol–water partition coefficient (Wildman–Crippen LogP) is 4.10. The van der Waals surface area contributed by atoms with Gasteiger partial charge in [-0.1, -0.05) is 20.8 Å². The Morgan fingerprint density at radius 3 is 2.62 bits per heavy atom. The van der Waals surface area contributed by atoms with Gasteiger partial charge in [0.1, 0.15) is 5.01 Å². The van der Waals surface area contributed by atoms with Crippen LogP contribution in [0.3, 0.4) is 0 Å². The van der Waals surface area contributed by atoms with Gasteiger partial charge in [-0.05, 0) is 12.8 Å². The molecular weight excluding hydrogens is 241 g/mol. The Balaban J connectivity index is 2.74. The molecule has 0 spiro atoms. The number of hydrogen-bond acceptors (Lipinski definition) is 4. The standard InChI is InChI=1S/C11H20NO2PS/c1-5-14-15(13,6-2)7-11-12-10(8-16-11)9(3)4/h8-9H,5-7H2,1-4H3. The normalized spacial score (nSPS) is 15.3. The van der Waals surface area contributed by atoms with Gasteiger partial charge in [-0.3, -0.25) is 4.57 Å². The highest BCUT2D eigenvalue weighted by molar-refractivity contribution is 7.58. The summed E-state index contributed by atoms with van der Waals surface area (Å²) in [6, 6.07) is 0. The summed E-state index contributed by atoms with van der Waals surface area (Å²) in [5.41, 5.74) is 1.08. The summed E-state index contributed by atoms with van der Waals surface area (Å²) in [4.78, 5) is 4.49. The number of nitrogens with zero attached hydrogens (tertiary/aromatic N) is 1. The Morgan fingerprint density at radius 2 is 2.19 bits per heavy atom. The molecule has 0 fully saturated rings. The molecule has 0 bridgehead atoms. The van der Waals surface area contributed by atoms with Gasteiger partial charge < -0.3 is 4.52 Å². The zero-order chi connectivity index (χ0) is 12.2. The van der Waals surface area contributed by atoms with Gasteiger partial charge in [-0.15, -0.1) is 11.3 Å². The van der Waals surface area contributed by atoms with Crippen molar-refractivity contribution in [3.8, 4) is 0 Å². The van der Waals surface area contributed by atoms with Crippen molar-refractivity contribution in [1.29, 1.82) is 0 Å². The summed E-state index contributed by atoms with van der Waals surface area (Å²) < 4.78 is 17.6. The smallest absolute Gasteiger partial charge is 0.209 e. The van der Waals surface area contributed by atoms with Crippen LogP contribution in [0.5, 0.6) is 0 Å². The molecule has 0 saturated heterocycles. The van der Waals surface area contributed by atoms with E-state index in [1.54, 1.807) is 11.3 Å². The van der Waals surface area contributed by atoms with Crippen molar-refractivity contribution in [1.82, 2.24) is 4.98 Å². The topological polar surface area (TPSA) is 39.2 Å². The quantitative estimate of drug-likeness (QED) is 0.724. The second-order valence-corrected chi connectivity index (χ2v) is 7.81. The van der Waals surface area contributed by atoms with E-state index >= 15 is 0 Å². The third-order valence-corrected chi connectivity index (χ3v) is 5.94. The van der Waals surface area contributed by atoms with Crippen LogP contribution in [0.1, 0.15) is 44.3 Å². The van der Waals surface area contributed by atoms with Crippen molar-refractivity contribution in [3.63, 3.8) is 0 Å². The van der Waals surface area contributed by atoms with Crippen LogP contribution in [-0.2, 0) is 15.3 Å². The number of aromatic nitrogens is 1. The lowest BCUT2D eigenvalue weighted by molar-refractivity contribution is 0.333.